The summed E-state index contributed by atoms with van der Waals surface area (Å²) in [4.78, 5) is 0. The van der Waals surface area contributed by atoms with E-state index in [1.807, 2.05) is 25.1 Å². The van der Waals surface area contributed by atoms with Crippen molar-refractivity contribution >= 4 is 0 Å². The van der Waals surface area contributed by atoms with E-state index in [2.05, 4.69) is 0 Å². The molecule has 2 N–H and O–H groups in total. The fraction of sp³-hybridized carbons (Fsp3) is 0.571. The van der Waals surface area contributed by atoms with Crippen LogP contribution in [-0.4, -0.2) is 13.0 Å². The van der Waals surface area contributed by atoms with Crippen molar-refractivity contribution in [2.45, 2.75) is 44.1 Å². The molecule has 1 aliphatic carbocycles. The third-order valence-corrected chi connectivity index (χ3v) is 3.84. The number of nitrogens with two attached hydrogens (primary N) is 1. The van der Waals surface area contributed by atoms with Crippen molar-refractivity contribution in [2.75, 3.05) is 7.11 Å². The molecule has 1 saturated carbocycles. The maximum Gasteiger partial charge on any atom is 0.248 e. The van der Waals surface area contributed by atoms with E-state index < -0.39 is 11.5 Å². The van der Waals surface area contributed by atoms with E-state index in [9.17, 15) is 8.78 Å². The Morgan fingerprint density at radius 2 is 1.78 bits per heavy atom. The first-order chi connectivity index (χ1) is 8.36. The molecule has 0 amide bonds. The van der Waals surface area contributed by atoms with Gasteiger partial charge in [-0.25, -0.2) is 8.78 Å². The highest BCUT2D eigenvalue weighted by molar-refractivity contribution is 5.39. The summed E-state index contributed by atoms with van der Waals surface area (Å²) in [6, 6.07) is 5.68. The first kappa shape index (κ1) is 13.3. The van der Waals surface area contributed by atoms with Gasteiger partial charge in [0.2, 0.25) is 5.92 Å². The van der Waals surface area contributed by atoms with Crippen LogP contribution in [0, 0.1) is 6.92 Å². The highest BCUT2D eigenvalue weighted by Crippen LogP contribution is 2.42. The number of alkyl halides is 2. The average molecular weight is 255 g/mol. The Hall–Kier alpha value is -1.16. The van der Waals surface area contributed by atoms with Gasteiger partial charge in [-0.05, 0) is 37.0 Å². The topological polar surface area (TPSA) is 35.2 Å². The summed E-state index contributed by atoms with van der Waals surface area (Å²) < 4.78 is 31.6. The largest absolute Gasteiger partial charge is 0.496 e. The fourth-order valence-electron chi connectivity index (χ4n) is 2.54. The van der Waals surface area contributed by atoms with Crippen molar-refractivity contribution in [3.8, 4) is 5.75 Å². The molecule has 2 rings (SSSR count). The first-order valence-corrected chi connectivity index (χ1v) is 6.18. The van der Waals surface area contributed by atoms with Crippen LogP contribution < -0.4 is 10.5 Å². The van der Waals surface area contributed by atoms with Crippen molar-refractivity contribution in [2.24, 2.45) is 5.73 Å². The van der Waals surface area contributed by atoms with Crippen LogP contribution in [0.5, 0.6) is 5.75 Å². The smallest absolute Gasteiger partial charge is 0.248 e. The number of hydrogen-bond donors (Lipinski definition) is 1. The Labute approximate surface area is 106 Å². The first-order valence-electron chi connectivity index (χ1n) is 6.18. The molecule has 0 heterocycles. The van der Waals surface area contributed by atoms with Crippen LogP contribution in [0.1, 0.15) is 36.8 Å². The van der Waals surface area contributed by atoms with Crippen LogP contribution in [0.2, 0.25) is 0 Å². The zero-order valence-corrected chi connectivity index (χ0v) is 10.8. The summed E-state index contributed by atoms with van der Waals surface area (Å²) in [5, 5.41) is 0. The van der Waals surface area contributed by atoms with Gasteiger partial charge in [-0.1, -0.05) is 12.1 Å². The van der Waals surface area contributed by atoms with Crippen LogP contribution >= 0.6 is 0 Å². The van der Waals surface area contributed by atoms with E-state index in [0.717, 1.165) is 16.9 Å². The van der Waals surface area contributed by atoms with Gasteiger partial charge in [0.15, 0.2) is 0 Å². The Morgan fingerprint density at radius 1 is 1.17 bits per heavy atom. The predicted octanol–water partition coefficient (Wildman–Crippen LogP) is 3.37. The van der Waals surface area contributed by atoms with Crippen LogP contribution in [-0.2, 0) is 5.54 Å². The molecule has 1 fully saturated rings. The monoisotopic (exact) mass is 255 g/mol. The molecule has 1 aromatic carbocycles. The van der Waals surface area contributed by atoms with Crippen LogP contribution in [0.25, 0.3) is 0 Å². The quantitative estimate of drug-likeness (QED) is 0.879. The molecule has 0 bridgehead atoms. The summed E-state index contributed by atoms with van der Waals surface area (Å²) in [5.41, 5.74) is 7.57. The second-order valence-electron chi connectivity index (χ2n) is 5.20. The van der Waals surface area contributed by atoms with Crippen molar-refractivity contribution in [1.29, 1.82) is 0 Å². The molecular formula is C14H19F2NO. The molecule has 18 heavy (non-hydrogen) atoms. The highest BCUT2D eigenvalue weighted by Gasteiger charge is 2.42. The standard InChI is InChI=1S/C14H19F2NO/c1-10-9-11(3-4-12(10)18-2)13(17)5-7-14(15,16)8-6-13/h3-4,9H,5-8,17H2,1-2H3. The zero-order valence-electron chi connectivity index (χ0n) is 10.8. The Kier molecular flexibility index (Phi) is 3.32. The Morgan fingerprint density at radius 3 is 2.28 bits per heavy atom. The van der Waals surface area contributed by atoms with Crippen molar-refractivity contribution < 1.29 is 13.5 Å². The summed E-state index contributed by atoms with van der Waals surface area (Å²) in [7, 11) is 1.61. The molecule has 0 aromatic heterocycles. The number of rotatable bonds is 2. The third-order valence-electron chi connectivity index (χ3n) is 3.84. The van der Waals surface area contributed by atoms with Gasteiger partial charge in [0.1, 0.15) is 5.75 Å². The molecule has 2 nitrogen and oxygen atoms in total. The molecule has 100 valence electrons. The van der Waals surface area contributed by atoms with Gasteiger partial charge in [-0.15, -0.1) is 0 Å². The predicted molar refractivity (Wildman–Crippen MR) is 67.0 cm³/mol. The molecule has 0 saturated heterocycles. The minimum atomic E-state index is -2.55. The summed E-state index contributed by atoms with van der Waals surface area (Å²) in [5.74, 6) is -1.76. The molecule has 0 unspecified atom stereocenters. The van der Waals surface area contributed by atoms with Crippen LogP contribution in [0.4, 0.5) is 8.78 Å². The van der Waals surface area contributed by atoms with Gasteiger partial charge >= 0.3 is 0 Å². The van der Waals surface area contributed by atoms with Gasteiger partial charge in [-0.2, -0.15) is 0 Å². The van der Waals surface area contributed by atoms with Gasteiger partial charge in [0.05, 0.1) is 7.11 Å². The summed E-state index contributed by atoms with van der Waals surface area (Å²) in [6.45, 7) is 1.93. The second-order valence-corrected chi connectivity index (χ2v) is 5.20. The summed E-state index contributed by atoms with van der Waals surface area (Å²) >= 11 is 0. The molecule has 0 aliphatic heterocycles. The third kappa shape index (κ3) is 2.48. The van der Waals surface area contributed by atoms with Gasteiger partial charge in [0, 0.05) is 18.4 Å². The average Bonchev–Trinajstić information content (AvgIpc) is 2.33. The Balaban J connectivity index is 2.23. The second kappa shape index (κ2) is 4.50. The normalized spacial score (nSPS) is 21.6. The molecule has 0 spiro atoms. The minimum Gasteiger partial charge on any atom is -0.496 e. The maximum absolute atomic E-state index is 13.2. The zero-order chi connectivity index (χ0) is 13.4. The lowest BCUT2D eigenvalue weighted by molar-refractivity contribution is -0.0514. The van der Waals surface area contributed by atoms with E-state index in [1.165, 1.54) is 0 Å². The number of hydrogen-bond acceptors (Lipinski definition) is 2. The van der Waals surface area contributed by atoms with E-state index in [-0.39, 0.29) is 12.8 Å². The van der Waals surface area contributed by atoms with Crippen molar-refractivity contribution in [1.82, 2.24) is 0 Å². The van der Waals surface area contributed by atoms with Gasteiger partial charge in [0.25, 0.3) is 0 Å². The lowest BCUT2D eigenvalue weighted by Crippen LogP contribution is -2.43. The molecule has 0 atom stereocenters. The van der Waals surface area contributed by atoms with Gasteiger partial charge < -0.3 is 10.5 Å². The number of halogens is 2. The summed E-state index contributed by atoms with van der Waals surface area (Å²) in [6.07, 6.45) is 0.390. The van der Waals surface area contributed by atoms with Crippen molar-refractivity contribution in [3.63, 3.8) is 0 Å². The maximum atomic E-state index is 13.2. The van der Waals surface area contributed by atoms with E-state index in [1.54, 1.807) is 7.11 Å². The number of aryl methyl sites for hydroxylation is 1. The molecular weight excluding hydrogens is 236 g/mol. The van der Waals surface area contributed by atoms with Crippen LogP contribution in [0.3, 0.4) is 0 Å². The Bertz CT molecular complexity index is 435. The number of ether oxygens (including phenoxy) is 1. The van der Waals surface area contributed by atoms with E-state index >= 15 is 0 Å². The van der Waals surface area contributed by atoms with E-state index in [0.29, 0.717) is 12.8 Å². The number of methoxy groups -OCH3 is 1. The molecule has 0 radical (unpaired) electrons. The fourth-order valence-corrected chi connectivity index (χ4v) is 2.54. The highest BCUT2D eigenvalue weighted by atomic mass is 19.3. The lowest BCUT2D eigenvalue weighted by atomic mass is 9.76. The minimum absolute atomic E-state index is 0.130. The SMILES string of the molecule is COc1ccc(C2(N)CCC(F)(F)CC2)cc1C. The van der Waals surface area contributed by atoms with Gasteiger partial charge in [-0.3, -0.25) is 0 Å². The van der Waals surface area contributed by atoms with Crippen molar-refractivity contribution in [3.05, 3.63) is 29.3 Å². The molecule has 4 heteroatoms. The number of benzene rings is 1. The lowest BCUT2D eigenvalue weighted by Gasteiger charge is -2.37. The van der Waals surface area contributed by atoms with E-state index in [4.69, 9.17) is 10.5 Å². The van der Waals surface area contributed by atoms with Crippen LogP contribution in [0.15, 0.2) is 18.2 Å². The molecule has 1 aliphatic rings. The molecule has 1 aromatic rings.